The molecule has 0 radical (unpaired) electrons. The average molecular weight is 265 g/mol. The summed E-state index contributed by atoms with van der Waals surface area (Å²) in [4.78, 5) is 12.1. The molecule has 0 bridgehead atoms. The van der Waals surface area contributed by atoms with Crippen LogP contribution in [0.15, 0.2) is 30.3 Å². The lowest BCUT2D eigenvalue weighted by molar-refractivity contribution is -0.148. The Morgan fingerprint density at radius 3 is 2.78 bits per heavy atom. The van der Waals surface area contributed by atoms with Gasteiger partial charge in [0.15, 0.2) is 0 Å². The zero-order valence-electron chi connectivity index (χ0n) is 10.8. The molecule has 2 unspecified atom stereocenters. The average Bonchev–Trinajstić information content (AvgIpc) is 2.79. The van der Waals surface area contributed by atoms with Crippen LogP contribution in [0, 0.1) is 0 Å². The van der Waals surface area contributed by atoms with E-state index in [9.17, 15) is 4.79 Å². The Labute approximate surface area is 112 Å². The first-order chi connectivity index (χ1) is 8.69. The van der Waals surface area contributed by atoms with Gasteiger partial charge in [-0.25, -0.2) is 0 Å². The van der Waals surface area contributed by atoms with Gasteiger partial charge in [0.1, 0.15) is 5.54 Å². The van der Waals surface area contributed by atoms with Crippen molar-refractivity contribution in [3.05, 3.63) is 35.9 Å². The van der Waals surface area contributed by atoms with Crippen LogP contribution in [-0.2, 0) is 16.1 Å². The molecule has 1 aliphatic rings. The fraction of sp³-hybridized carbons (Fsp3) is 0.500. The summed E-state index contributed by atoms with van der Waals surface area (Å²) < 4.78 is 4.98. The van der Waals surface area contributed by atoms with Crippen molar-refractivity contribution < 1.29 is 9.53 Å². The largest absolute Gasteiger partial charge is 0.468 e. The molecular formula is C14H19NO2S. The van der Waals surface area contributed by atoms with Crippen LogP contribution in [0.3, 0.4) is 0 Å². The Morgan fingerprint density at radius 1 is 1.50 bits per heavy atom. The summed E-state index contributed by atoms with van der Waals surface area (Å²) in [6.07, 6.45) is 0.832. The number of thioether (sulfide) groups is 1. The zero-order chi connectivity index (χ0) is 13.0. The van der Waals surface area contributed by atoms with Gasteiger partial charge in [-0.2, -0.15) is 11.8 Å². The van der Waals surface area contributed by atoms with E-state index in [0.29, 0.717) is 6.54 Å². The molecule has 0 saturated carbocycles. The summed E-state index contributed by atoms with van der Waals surface area (Å²) in [6, 6.07) is 10.1. The third-order valence-corrected chi connectivity index (χ3v) is 4.90. The Hall–Kier alpha value is -1.00. The minimum atomic E-state index is -0.532. The third-order valence-electron chi connectivity index (χ3n) is 3.56. The number of hydrogen-bond donors (Lipinski definition) is 1. The van der Waals surface area contributed by atoms with Crippen LogP contribution in [0.5, 0.6) is 0 Å². The van der Waals surface area contributed by atoms with Crippen LogP contribution >= 0.6 is 11.8 Å². The van der Waals surface area contributed by atoms with E-state index in [1.165, 1.54) is 12.7 Å². The van der Waals surface area contributed by atoms with E-state index < -0.39 is 5.54 Å². The van der Waals surface area contributed by atoms with E-state index in [0.717, 1.165) is 12.2 Å². The highest BCUT2D eigenvalue weighted by Crippen LogP contribution is 2.36. The first kappa shape index (κ1) is 13.4. The van der Waals surface area contributed by atoms with Gasteiger partial charge in [0, 0.05) is 11.8 Å². The third kappa shape index (κ3) is 2.54. The van der Waals surface area contributed by atoms with Crippen LogP contribution in [0.4, 0.5) is 0 Å². The lowest BCUT2D eigenvalue weighted by atomic mass is 9.92. The van der Waals surface area contributed by atoms with Crippen LogP contribution in [-0.4, -0.2) is 29.6 Å². The minimum Gasteiger partial charge on any atom is -0.468 e. The quantitative estimate of drug-likeness (QED) is 0.847. The molecule has 1 fully saturated rings. The molecule has 1 N–H and O–H groups in total. The Balaban J connectivity index is 2.09. The number of ether oxygens (including phenoxy) is 1. The van der Waals surface area contributed by atoms with Crippen LogP contribution in [0.2, 0.25) is 0 Å². The van der Waals surface area contributed by atoms with Gasteiger partial charge in [-0.05, 0) is 17.7 Å². The number of methoxy groups -OCH3 is 1. The number of hydrogen-bond acceptors (Lipinski definition) is 4. The molecule has 1 aliphatic heterocycles. The fourth-order valence-corrected chi connectivity index (χ4v) is 3.73. The molecule has 0 aliphatic carbocycles. The van der Waals surface area contributed by atoms with E-state index in [-0.39, 0.29) is 11.2 Å². The number of carbonyl (C=O) groups is 1. The van der Waals surface area contributed by atoms with Crippen molar-refractivity contribution in [2.75, 3.05) is 12.9 Å². The zero-order valence-corrected chi connectivity index (χ0v) is 11.6. The standard InChI is InChI=1S/C14H19NO2S/c1-11-14(8-9-18-11,13(16)17-2)15-10-12-6-4-3-5-7-12/h3-7,11,15H,8-10H2,1-2H3. The number of esters is 1. The number of nitrogens with one attached hydrogen (secondary N) is 1. The number of carbonyl (C=O) groups excluding carboxylic acids is 1. The van der Waals surface area contributed by atoms with Gasteiger partial charge in [0.05, 0.1) is 7.11 Å². The second-order valence-corrected chi connectivity index (χ2v) is 6.01. The van der Waals surface area contributed by atoms with Gasteiger partial charge in [0.2, 0.25) is 0 Å². The van der Waals surface area contributed by atoms with Gasteiger partial charge in [0.25, 0.3) is 0 Å². The highest BCUT2D eigenvalue weighted by atomic mass is 32.2. The van der Waals surface area contributed by atoms with Gasteiger partial charge in [-0.1, -0.05) is 37.3 Å². The second-order valence-electron chi connectivity index (χ2n) is 4.57. The van der Waals surface area contributed by atoms with Gasteiger partial charge in [-0.3, -0.25) is 10.1 Å². The van der Waals surface area contributed by atoms with Crippen LogP contribution in [0.25, 0.3) is 0 Å². The molecule has 2 rings (SSSR count). The molecule has 2 atom stereocenters. The van der Waals surface area contributed by atoms with E-state index in [1.54, 1.807) is 0 Å². The Bertz CT molecular complexity index is 410. The Morgan fingerprint density at radius 2 is 2.22 bits per heavy atom. The van der Waals surface area contributed by atoms with Crippen molar-refractivity contribution >= 4 is 17.7 Å². The molecule has 1 saturated heterocycles. The summed E-state index contributed by atoms with van der Waals surface area (Å²) in [5, 5.41) is 3.66. The molecule has 0 aromatic heterocycles. The molecule has 3 nitrogen and oxygen atoms in total. The monoisotopic (exact) mass is 265 g/mol. The van der Waals surface area contributed by atoms with Gasteiger partial charge < -0.3 is 4.74 Å². The molecule has 4 heteroatoms. The molecule has 18 heavy (non-hydrogen) atoms. The maximum absolute atomic E-state index is 12.1. The van der Waals surface area contributed by atoms with E-state index in [4.69, 9.17) is 4.74 Å². The van der Waals surface area contributed by atoms with Gasteiger partial charge >= 0.3 is 5.97 Å². The van der Waals surface area contributed by atoms with E-state index in [1.807, 2.05) is 30.0 Å². The SMILES string of the molecule is COC(=O)C1(NCc2ccccc2)CCSC1C. The summed E-state index contributed by atoms with van der Waals surface area (Å²) in [5.74, 6) is 0.855. The van der Waals surface area contributed by atoms with Crippen molar-refractivity contribution in [1.82, 2.24) is 5.32 Å². The molecule has 1 aromatic carbocycles. The molecular weight excluding hydrogens is 246 g/mol. The second kappa shape index (κ2) is 5.76. The predicted molar refractivity (Wildman–Crippen MR) is 74.6 cm³/mol. The first-order valence-corrected chi connectivity index (χ1v) is 7.23. The fourth-order valence-electron chi connectivity index (χ4n) is 2.35. The Kier molecular flexibility index (Phi) is 4.30. The normalized spacial score (nSPS) is 27.1. The van der Waals surface area contributed by atoms with Crippen molar-refractivity contribution in [2.45, 2.75) is 30.7 Å². The number of rotatable bonds is 4. The number of benzene rings is 1. The summed E-state index contributed by atoms with van der Waals surface area (Å²) in [5.41, 5.74) is 0.653. The smallest absolute Gasteiger partial charge is 0.327 e. The molecule has 0 spiro atoms. The minimum absolute atomic E-state index is 0.143. The highest BCUT2D eigenvalue weighted by Gasteiger charge is 2.48. The van der Waals surface area contributed by atoms with Crippen molar-refractivity contribution in [1.29, 1.82) is 0 Å². The van der Waals surface area contributed by atoms with Crippen molar-refractivity contribution in [2.24, 2.45) is 0 Å². The summed E-state index contributed by atoms with van der Waals surface area (Å²) in [7, 11) is 1.46. The highest BCUT2D eigenvalue weighted by molar-refractivity contribution is 8.00. The first-order valence-electron chi connectivity index (χ1n) is 6.18. The van der Waals surface area contributed by atoms with Crippen molar-refractivity contribution in [3.8, 4) is 0 Å². The summed E-state index contributed by atoms with van der Waals surface area (Å²) in [6.45, 7) is 2.79. The van der Waals surface area contributed by atoms with Crippen LogP contribution in [0.1, 0.15) is 18.9 Å². The topological polar surface area (TPSA) is 38.3 Å². The van der Waals surface area contributed by atoms with E-state index in [2.05, 4.69) is 24.4 Å². The van der Waals surface area contributed by atoms with Gasteiger partial charge in [-0.15, -0.1) is 0 Å². The maximum atomic E-state index is 12.1. The van der Waals surface area contributed by atoms with E-state index >= 15 is 0 Å². The molecule has 0 amide bonds. The molecule has 98 valence electrons. The lowest BCUT2D eigenvalue weighted by Crippen LogP contribution is -2.56. The maximum Gasteiger partial charge on any atom is 0.327 e. The molecule has 1 heterocycles. The predicted octanol–water partition coefficient (Wildman–Crippen LogP) is 2.21. The lowest BCUT2D eigenvalue weighted by Gasteiger charge is -2.31. The molecule has 1 aromatic rings. The van der Waals surface area contributed by atoms with Crippen molar-refractivity contribution in [3.63, 3.8) is 0 Å². The summed E-state index contributed by atoms with van der Waals surface area (Å²) >= 11 is 1.82. The van der Waals surface area contributed by atoms with Crippen LogP contribution < -0.4 is 5.32 Å².